The van der Waals surface area contributed by atoms with Crippen LogP contribution in [0.1, 0.15) is 5.56 Å². The lowest BCUT2D eigenvalue weighted by Gasteiger charge is -2.12. The zero-order valence-corrected chi connectivity index (χ0v) is 7.41. The quantitative estimate of drug-likeness (QED) is 0.736. The van der Waals surface area contributed by atoms with E-state index in [0.29, 0.717) is 0 Å². The molecule has 0 bridgehead atoms. The van der Waals surface area contributed by atoms with Gasteiger partial charge in [0.15, 0.2) is 5.92 Å². The average molecular weight is 203 g/mol. The molecule has 0 saturated carbocycles. The molecule has 0 aliphatic rings. The first-order valence-corrected chi connectivity index (χ1v) is 3.89. The van der Waals surface area contributed by atoms with Crippen molar-refractivity contribution >= 4 is 0 Å². The standard InChI is InChI=1S/C8H8F3N3/c1-6-3-13-14(4-6)5-7(2-12)8(9,10)11/h3-4,7H,5H2,1H3. The summed E-state index contributed by atoms with van der Waals surface area (Å²) in [5.74, 6) is -2.00. The summed E-state index contributed by atoms with van der Waals surface area (Å²) in [6, 6.07) is 1.21. The smallest absolute Gasteiger partial charge is 0.271 e. The molecule has 76 valence electrons. The van der Waals surface area contributed by atoms with Crippen LogP contribution in [0.2, 0.25) is 0 Å². The van der Waals surface area contributed by atoms with E-state index < -0.39 is 18.6 Å². The Balaban J connectivity index is 2.73. The van der Waals surface area contributed by atoms with E-state index in [1.807, 2.05) is 0 Å². The van der Waals surface area contributed by atoms with Gasteiger partial charge in [-0.1, -0.05) is 0 Å². The lowest BCUT2D eigenvalue weighted by atomic mass is 10.1. The second kappa shape index (κ2) is 3.70. The first kappa shape index (κ1) is 10.6. The molecule has 1 heterocycles. The van der Waals surface area contributed by atoms with Gasteiger partial charge in [0.2, 0.25) is 0 Å². The highest BCUT2D eigenvalue weighted by molar-refractivity contribution is 5.00. The largest absolute Gasteiger partial charge is 0.406 e. The summed E-state index contributed by atoms with van der Waals surface area (Å²) < 4.78 is 37.6. The minimum absolute atomic E-state index is 0.451. The van der Waals surface area contributed by atoms with Crippen molar-refractivity contribution in [2.75, 3.05) is 0 Å². The Morgan fingerprint density at radius 3 is 2.64 bits per heavy atom. The van der Waals surface area contributed by atoms with Gasteiger partial charge in [-0.2, -0.15) is 23.5 Å². The Morgan fingerprint density at radius 1 is 1.64 bits per heavy atom. The van der Waals surface area contributed by atoms with Gasteiger partial charge in [-0.15, -0.1) is 0 Å². The fourth-order valence-electron chi connectivity index (χ4n) is 0.971. The highest BCUT2D eigenvalue weighted by Crippen LogP contribution is 2.26. The van der Waals surface area contributed by atoms with Gasteiger partial charge in [0.25, 0.3) is 0 Å². The number of nitriles is 1. The third kappa shape index (κ3) is 2.49. The lowest BCUT2D eigenvalue weighted by molar-refractivity contribution is -0.162. The van der Waals surface area contributed by atoms with Crippen LogP contribution in [-0.4, -0.2) is 16.0 Å². The molecule has 0 aromatic carbocycles. The van der Waals surface area contributed by atoms with Gasteiger partial charge in [0.1, 0.15) is 0 Å². The van der Waals surface area contributed by atoms with E-state index >= 15 is 0 Å². The minimum atomic E-state index is -4.49. The molecular formula is C8H8F3N3. The zero-order chi connectivity index (χ0) is 10.8. The maximum Gasteiger partial charge on any atom is 0.406 e. The van der Waals surface area contributed by atoms with E-state index in [4.69, 9.17) is 5.26 Å². The lowest BCUT2D eigenvalue weighted by Crippen LogP contribution is -2.26. The predicted molar refractivity (Wildman–Crippen MR) is 42.1 cm³/mol. The third-order valence-electron chi connectivity index (χ3n) is 1.68. The van der Waals surface area contributed by atoms with Crippen LogP contribution in [0.25, 0.3) is 0 Å². The Morgan fingerprint density at radius 2 is 2.29 bits per heavy atom. The summed E-state index contributed by atoms with van der Waals surface area (Å²) in [7, 11) is 0. The molecule has 0 fully saturated rings. The summed E-state index contributed by atoms with van der Waals surface area (Å²) in [4.78, 5) is 0. The van der Waals surface area contributed by atoms with Gasteiger partial charge in [-0.05, 0) is 12.5 Å². The van der Waals surface area contributed by atoms with Crippen molar-refractivity contribution in [3.63, 3.8) is 0 Å². The van der Waals surface area contributed by atoms with Gasteiger partial charge in [-0.3, -0.25) is 4.68 Å². The number of hydrogen-bond donors (Lipinski definition) is 0. The predicted octanol–water partition coefficient (Wildman–Crippen LogP) is 1.89. The fraction of sp³-hybridized carbons (Fsp3) is 0.500. The molecule has 0 saturated heterocycles. The Labute approximate surface area is 78.8 Å². The second-order valence-electron chi connectivity index (χ2n) is 2.96. The molecule has 0 aliphatic carbocycles. The topological polar surface area (TPSA) is 41.6 Å². The molecule has 0 aliphatic heterocycles. The Hall–Kier alpha value is -1.51. The van der Waals surface area contributed by atoms with Gasteiger partial charge in [0, 0.05) is 6.20 Å². The maximum atomic E-state index is 12.1. The summed E-state index contributed by atoms with van der Waals surface area (Å²) in [5, 5.41) is 12.0. The number of halogens is 3. The first-order valence-electron chi connectivity index (χ1n) is 3.89. The van der Waals surface area contributed by atoms with E-state index in [1.165, 1.54) is 18.5 Å². The van der Waals surface area contributed by atoms with Gasteiger partial charge >= 0.3 is 6.18 Å². The van der Waals surface area contributed by atoms with Gasteiger partial charge in [-0.25, -0.2) is 0 Å². The number of rotatable bonds is 2. The van der Waals surface area contributed by atoms with Crippen LogP contribution in [-0.2, 0) is 6.54 Å². The highest BCUT2D eigenvalue weighted by atomic mass is 19.4. The molecule has 6 heteroatoms. The average Bonchev–Trinajstić information content (AvgIpc) is 2.45. The molecule has 0 amide bonds. The monoisotopic (exact) mass is 203 g/mol. The first-order chi connectivity index (χ1) is 6.43. The van der Waals surface area contributed by atoms with Gasteiger partial charge < -0.3 is 0 Å². The fourth-order valence-corrected chi connectivity index (χ4v) is 0.971. The summed E-state index contributed by atoms with van der Waals surface area (Å²) in [6.07, 6.45) is -1.57. The molecule has 1 atom stereocenters. The van der Waals surface area contributed by atoms with E-state index in [2.05, 4.69) is 5.10 Å². The van der Waals surface area contributed by atoms with Crippen molar-refractivity contribution in [2.24, 2.45) is 5.92 Å². The van der Waals surface area contributed by atoms with Crippen molar-refractivity contribution in [3.8, 4) is 6.07 Å². The van der Waals surface area contributed by atoms with E-state index in [1.54, 1.807) is 6.92 Å². The Kier molecular flexibility index (Phi) is 2.79. The molecular weight excluding hydrogens is 195 g/mol. The van der Waals surface area contributed by atoms with Crippen LogP contribution < -0.4 is 0 Å². The van der Waals surface area contributed by atoms with Gasteiger partial charge in [0.05, 0.1) is 18.8 Å². The highest BCUT2D eigenvalue weighted by Gasteiger charge is 2.40. The second-order valence-corrected chi connectivity index (χ2v) is 2.96. The summed E-state index contributed by atoms with van der Waals surface area (Å²) in [5.41, 5.74) is 0.767. The molecule has 1 rings (SSSR count). The molecule has 0 N–H and O–H groups in total. The minimum Gasteiger partial charge on any atom is -0.271 e. The van der Waals surface area contributed by atoms with E-state index in [9.17, 15) is 13.2 Å². The van der Waals surface area contributed by atoms with Crippen LogP contribution in [0.3, 0.4) is 0 Å². The number of aryl methyl sites for hydroxylation is 1. The molecule has 1 aromatic heterocycles. The summed E-state index contributed by atoms with van der Waals surface area (Å²) >= 11 is 0. The molecule has 0 spiro atoms. The van der Waals surface area contributed by atoms with E-state index in [-0.39, 0.29) is 0 Å². The van der Waals surface area contributed by atoms with Crippen molar-refractivity contribution in [1.29, 1.82) is 5.26 Å². The van der Waals surface area contributed by atoms with Crippen LogP contribution in [0.4, 0.5) is 13.2 Å². The molecule has 1 aromatic rings. The molecule has 1 unspecified atom stereocenters. The number of hydrogen-bond acceptors (Lipinski definition) is 2. The van der Waals surface area contributed by atoms with Crippen molar-refractivity contribution < 1.29 is 13.2 Å². The Bertz CT molecular complexity index is 347. The normalized spacial score (nSPS) is 13.6. The van der Waals surface area contributed by atoms with Crippen LogP contribution in [0.5, 0.6) is 0 Å². The molecule has 3 nitrogen and oxygen atoms in total. The number of aromatic nitrogens is 2. The van der Waals surface area contributed by atoms with E-state index in [0.717, 1.165) is 10.2 Å². The SMILES string of the molecule is Cc1cnn(CC(C#N)C(F)(F)F)c1. The zero-order valence-electron chi connectivity index (χ0n) is 7.41. The van der Waals surface area contributed by atoms with Crippen LogP contribution in [0, 0.1) is 24.2 Å². The third-order valence-corrected chi connectivity index (χ3v) is 1.68. The number of alkyl halides is 3. The van der Waals surface area contributed by atoms with Crippen LogP contribution in [0.15, 0.2) is 12.4 Å². The van der Waals surface area contributed by atoms with Crippen molar-refractivity contribution in [2.45, 2.75) is 19.6 Å². The number of nitrogens with zero attached hydrogens (tertiary/aromatic N) is 3. The van der Waals surface area contributed by atoms with Crippen molar-refractivity contribution in [3.05, 3.63) is 18.0 Å². The van der Waals surface area contributed by atoms with Crippen molar-refractivity contribution in [1.82, 2.24) is 9.78 Å². The summed E-state index contributed by atoms with van der Waals surface area (Å²) in [6.45, 7) is 1.27. The molecule has 14 heavy (non-hydrogen) atoms. The van der Waals surface area contributed by atoms with Crippen LogP contribution >= 0.6 is 0 Å². The maximum absolute atomic E-state index is 12.1. The molecule has 0 radical (unpaired) electrons.